The Hall–Kier alpha value is -0.570. The van der Waals surface area contributed by atoms with Crippen LogP contribution in [-0.4, -0.2) is 29.1 Å². The zero-order chi connectivity index (χ0) is 14.7. The molecule has 0 aromatic heterocycles. The molecule has 2 fully saturated rings. The minimum absolute atomic E-state index is 0.0457. The van der Waals surface area contributed by atoms with E-state index >= 15 is 0 Å². The minimum atomic E-state index is 0.0457. The van der Waals surface area contributed by atoms with Gasteiger partial charge in [-0.1, -0.05) is 53.4 Å². The lowest BCUT2D eigenvalue weighted by Crippen LogP contribution is -2.49. The van der Waals surface area contributed by atoms with Gasteiger partial charge < -0.3 is 4.90 Å². The average Bonchev–Trinajstić information content (AvgIpc) is 2.83. The summed E-state index contributed by atoms with van der Waals surface area (Å²) in [6, 6.07) is 0.525. The van der Waals surface area contributed by atoms with Crippen molar-refractivity contribution in [2.24, 2.45) is 11.8 Å². The van der Waals surface area contributed by atoms with Gasteiger partial charge in [0, 0.05) is 6.04 Å². The van der Waals surface area contributed by atoms with Gasteiger partial charge in [-0.15, -0.1) is 0 Å². The maximum atomic E-state index is 12.9. The van der Waals surface area contributed by atoms with Gasteiger partial charge in [-0.2, -0.15) is 0 Å². The van der Waals surface area contributed by atoms with Crippen molar-refractivity contribution in [1.29, 1.82) is 0 Å². The number of nitrogens with one attached hydrogen (secondary N) is 1. The molecule has 1 saturated heterocycles. The van der Waals surface area contributed by atoms with Crippen LogP contribution in [-0.2, 0) is 4.79 Å². The van der Waals surface area contributed by atoms with Crippen molar-refractivity contribution >= 4 is 5.91 Å². The van der Waals surface area contributed by atoms with Crippen LogP contribution in [0, 0.1) is 11.8 Å². The summed E-state index contributed by atoms with van der Waals surface area (Å²) >= 11 is 0. The lowest BCUT2D eigenvalue weighted by molar-refractivity contribution is -0.135. The van der Waals surface area contributed by atoms with E-state index in [2.05, 4.69) is 37.9 Å². The molecule has 0 spiro atoms. The number of carbonyl (C=O) groups excluding carboxylic acids is 1. The van der Waals surface area contributed by atoms with Crippen molar-refractivity contribution in [3.63, 3.8) is 0 Å². The highest BCUT2D eigenvalue weighted by atomic mass is 16.2. The molecule has 2 rings (SSSR count). The van der Waals surface area contributed by atoms with Crippen molar-refractivity contribution in [2.75, 3.05) is 0 Å². The third-order valence-corrected chi connectivity index (χ3v) is 5.58. The van der Waals surface area contributed by atoms with Gasteiger partial charge in [0.2, 0.25) is 5.91 Å². The topological polar surface area (TPSA) is 32.3 Å². The molecule has 1 amide bonds. The fraction of sp³-hybridized carbons (Fsp3) is 0.941. The van der Waals surface area contributed by atoms with Crippen LogP contribution < -0.4 is 5.32 Å². The summed E-state index contributed by atoms with van der Waals surface area (Å²) in [6.45, 7) is 8.85. The predicted octanol–water partition coefficient (Wildman–Crippen LogP) is 3.54. The number of rotatable bonds is 5. The first-order valence-electron chi connectivity index (χ1n) is 8.72. The monoisotopic (exact) mass is 280 g/mol. The zero-order valence-corrected chi connectivity index (χ0v) is 13.7. The highest BCUT2D eigenvalue weighted by Crippen LogP contribution is 2.35. The number of hydrogen-bond acceptors (Lipinski definition) is 2. The summed E-state index contributed by atoms with van der Waals surface area (Å²) in [5.41, 5.74) is 0. The number of nitrogens with zero attached hydrogens (tertiary/aromatic N) is 1. The summed E-state index contributed by atoms with van der Waals surface area (Å²) in [4.78, 5) is 15.1. The first kappa shape index (κ1) is 15.8. The molecule has 3 nitrogen and oxygen atoms in total. The molecule has 0 bridgehead atoms. The molecular weight excluding hydrogens is 248 g/mol. The van der Waals surface area contributed by atoms with Crippen LogP contribution in [0.3, 0.4) is 0 Å². The van der Waals surface area contributed by atoms with Crippen molar-refractivity contribution in [2.45, 2.75) is 90.9 Å². The highest BCUT2D eigenvalue weighted by Gasteiger charge is 2.45. The molecule has 2 aliphatic rings. The summed E-state index contributed by atoms with van der Waals surface area (Å²) in [5, 5.41) is 3.61. The van der Waals surface area contributed by atoms with Gasteiger partial charge in [0.05, 0.1) is 12.2 Å². The van der Waals surface area contributed by atoms with Crippen LogP contribution in [0.1, 0.15) is 72.6 Å². The van der Waals surface area contributed by atoms with E-state index in [1.807, 2.05) is 0 Å². The van der Waals surface area contributed by atoms with Crippen LogP contribution >= 0.6 is 0 Å². The van der Waals surface area contributed by atoms with E-state index in [1.165, 1.54) is 32.1 Å². The SMILES string of the molecule is CCC(C)C1NC(CC)N(C2CCCCC2CC)C1=O. The second kappa shape index (κ2) is 6.93. The Bertz CT molecular complexity index is 331. The average molecular weight is 280 g/mol. The number of carbonyl (C=O) groups is 1. The fourth-order valence-electron chi connectivity index (χ4n) is 4.06. The van der Waals surface area contributed by atoms with Crippen molar-refractivity contribution in [3.8, 4) is 0 Å². The summed E-state index contributed by atoms with van der Waals surface area (Å²) in [7, 11) is 0. The Morgan fingerprint density at radius 1 is 1.20 bits per heavy atom. The van der Waals surface area contributed by atoms with Gasteiger partial charge in [-0.25, -0.2) is 0 Å². The fourth-order valence-corrected chi connectivity index (χ4v) is 4.06. The first-order valence-corrected chi connectivity index (χ1v) is 8.72. The summed E-state index contributed by atoms with van der Waals surface area (Å²) in [5.74, 6) is 1.51. The van der Waals surface area contributed by atoms with Gasteiger partial charge in [0.25, 0.3) is 0 Å². The standard InChI is InChI=1S/C17H32N2O/c1-5-12(4)16-17(20)19(15(7-3)18-16)14-11-9-8-10-13(14)6-2/h12-16,18H,5-11H2,1-4H3. The Labute approximate surface area is 124 Å². The van der Waals surface area contributed by atoms with Crippen LogP contribution in [0.2, 0.25) is 0 Å². The Morgan fingerprint density at radius 3 is 2.50 bits per heavy atom. The highest BCUT2D eigenvalue weighted by molar-refractivity contribution is 5.85. The summed E-state index contributed by atoms with van der Waals surface area (Å²) in [6.07, 6.45) is 8.69. The molecule has 20 heavy (non-hydrogen) atoms. The molecule has 1 aliphatic carbocycles. The third-order valence-electron chi connectivity index (χ3n) is 5.58. The molecule has 5 unspecified atom stereocenters. The third kappa shape index (κ3) is 2.88. The second-order valence-corrected chi connectivity index (χ2v) is 6.72. The van der Waals surface area contributed by atoms with E-state index in [-0.39, 0.29) is 12.2 Å². The first-order chi connectivity index (χ1) is 9.63. The Balaban J connectivity index is 2.17. The van der Waals surface area contributed by atoms with E-state index in [9.17, 15) is 4.79 Å². The molecule has 0 aromatic rings. The van der Waals surface area contributed by atoms with E-state index < -0.39 is 0 Å². The van der Waals surface area contributed by atoms with Gasteiger partial charge in [-0.05, 0) is 31.1 Å². The number of amides is 1. The molecule has 0 aromatic carbocycles. The van der Waals surface area contributed by atoms with Gasteiger partial charge in [-0.3, -0.25) is 10.1 Å². The van der Waals surface area contributed by atoms with Crippen LogP contribution in [0.25, 0.3) is 0 Å². The lowest BCUT2D eigenvalue weighted by Gasteiger charge is -2.40. The molecule has 1 aliphatic heterocycles. The summed E-state index contributed by atoms with van der Waals surface area (Å²) < 4.78 is 0. The molecule has 3 heteroatoms. The molecule has 0 radical (unpaired) electrons. The molecule has 1 heterocycles. The van der Waals surface area contributed by atoms with Crippen molar-refractivity contribution < 1.29 is 4.79 Å². The van der Waals surface area contributed by atoms with Crippen molar-refractivity contribution in [3.05, 3.63) is 0 Å². The maximum absolute atomic E-state index is 12.9. The molecule has 1 saturated carbocycles. The smallest absolute Gasteiger partial charge is 0.241 e. The second-order valence-electron chi connectivity index (χ2n) is 6.72. The number of hydrogen-bond donors (Lipinski definition) is 1. The minimum Gasteiger partial charge on any atom is -0.323 e. The normalized spacial score (nSPS) is 36.4. The van der Waals surface area contributed by atoms with E-state index in [0.717, 1.165) is 12.8 Å². The van der Waals surface area contributed by atoms with E-state index in [0.29, 0.717) is 23.8 Å². The molecule has 1 N–H and O–H groups in total. The van der Waals surface area contributed by atoms with E-state index in [1.54, 1.807) is 0 Å². The largest absolute Gasteiger partial charge is 0.323 e. The van der Waals surface area contributed by atoms with Crippen LogP contribution in [0.5, 0.6) is 0 Å². The molecular formula is C17H32N2O. The van der Waals surface area contributed by atoms with Crippen LogP contribution in [0.15, 0.2) is 0 Å². The maximum Gasteiger partial charge on any atom is 0.241 e. The van der Waals surface area contributed by atoms with Crippen LogP contribution in [0.4, 0.5) is 0 Å². The molecule has 5 atom stereocenters. The zero-order valence-electron chi connectivity index (χ0n) is 13.7. The Morgan fingerprint density at radius 2 is 1.90 bits per heavy atom. The quantitative estimate of drug-likeness (QED) is 0.835. The molecule has 116 valence electrons. The Kier molecular flexibility index (Phi) is 5.48. The van der Waals surface area contributed by atoms with Gasteiger partial charge in [0.15, 0.2) is 0 Å². The van der Waals surface area contributed by atoms with Gasteiger partial charge >= 0.3 is 0 Å². The van der Waals surface area contributed by atoms with Gasteiger partial charge in [0.1, 0.15) is 0 Å². The van der Waals surface area contributed by atoms with E-state index in [4.69, 9.17) is 0 Å². The van der Waals surface area contributed by atoms with Crippen molar-refractivity contribution in [1.82, 2.24) is 10.2 Å². The lowest BCUT2D eigenvalue weighted by atomic mass is 9.81. The predicted molar refractivity (Wildman–Crippen MR) is 83.3 cm³/mol.